The Labute approximate surface area is 140 Å². The summed E-state index contributed by atoms with van der Waals surface area (Å²) in [7, 11) is 0. The number of aliphatic imine (C=N–C) groups is 1. The van der Waals surface area contributed by atoms with Crippen molar-refractivity contribution in [2.75, 3.05) is 32.7 Å². The number of nitrogens with one attached hydrogen (secondary N) is 2. The summed E-state index contributed by atoms with van der Waals surface area (Å²) in [5.74, 6) is 0.607. The Morgan fingerprint density at radius 2 is 1.74 bits per heavy atom. The summed E-state index contributed by atoms with van der Waals surface area (Å²) in [4.78, 5) is 6.98. The molecule has 0 heterocycles. The molecule has 1 aromatic carbocycles. The maximum atomic E-state index is 12.9. The van der Waals surface area contributed by atoms with Crippen molar-refractivity contribution in [3.05, 3.63) is 35.6 Å². The molecule has 2 N–H and O–H groups in total. The van der Waals surface area contributed by atoms with Crippen molar-refractivity contribution in [2.45, 2.75) is 40.2 Å². The fraction of sp³-hybridized carbons (Fsp3) is 0.611. The summed E-state index contributed by atoms with van der Waals surface area (Å²) in [5.41, 5.74) is 1.00. The number of halogens is 1. The second kappa shape index (κ2) is 11.9. The summed E-state index contributed by atoms with van der Waals surface area (Å²) >= 11 is 0. The molecule has 0 saturated heterocycles. The number of guanidine groups is 1. The molecule has 0 bridgehead atoms. The summed E-state index contributed by atoms with van der Waals surface area (Å²) in [6.45, 7) is 12.1. The number of unbranched alkanes of at least 4 members (excludes halogenated alkanes) is 1. The zero-order valence-corrected chi connectivity index (χ0v) is 14.7. The Hall–Kier alpha value is -1.62. The van der Waals surface area contributed by atoms with Crippen LogP contribution in [0.15, 0.2) is 29.3 Å². The smallest absolute Gasteiger partial charge is 0.191 e. The van der Waals surface area contributed by atoms with Gasteiger partial charge in [-0.3, -0.25) is 0 Å². The summed E-state index contributed by atoms with van der Waals surface area (Å²) in [6.07, 6.45) is 2.31. The molecule has 0 fully saturated rings. The first-order chi connectivity index (χ1) is 11.2. The Morgan fingerprint density at radius 1 is 1.04 bits per heavy atom. The van der Waals surface area contributed by atoms with Crippen molar-refractivity contribution in [1.82, 2.24) is 15.5 Å². The first-order valence-corrected chi connectivity index (χ1v) is 8.68. The number of hydrogen-bond donors (Lipinski definition) is 2. The van der Waals surface area contributed by atoms with E-state index < -0.39 is 0 Å². The molecule has 0 spiro atoms. The van der Waals surface area contributed by atoms with E-state index in [9.17, 15) is 4.39 Å². The van der Waals surface area contributed by atoms with Crippen LogP contribution >= 0.6 is 0 Å². The highest BCUT2D eigenvalue weighted by molar-refractivity contribution is 5.79. The van der Waals surface area contributed by atoms with E-state index in [1.54, 1.807) is 12.1 Å². The van der Waals surface area contributed by atoms with E-state index in [0.717, 1.165) is 50.7 Å². The molecule has 0 atom stereocenters. The second-order valence-electron chi connectivity index (χ2n) is 5.48. The minimum absolute atomic E-state index is 0.212. The highest BCUT2D eigenvalue weighted by atomic mass is 19.1. The van der Waals surface area contributed by atoms with Crippen LogP contribution in [0.25, 0.3) is 0 Å². The van der Waals surface area contributed by atoms with Gasteiger partial charge >= 0.3 is 0 Å². The average Bonchev–Trinajstić information content (AvgIpc) is 2.57. The lowest BCUT2D eigenvalue weighted by atomic mass is 10.2. The van der Waals surface area contributed by atoms with Crippen molar-refractivity contribution < 1.29 is 4.39 Å². The van der Waals surface area contributed by atoms with E-state index in [4.69, 9.17) is 0 Å². The van der Waals surface area contributed by atoms with Gasteiger partial charge in [0.25, 0.3) is 0 Å². The lowest BCUT2D eigenvalue weighted by molar-refractivity contribution is 0.297. The predicted octanol–water partition coefficient (Wildman–Crippen LogP) is 3.00. The normalized spacial score (nSPS) is 11.8. The molecule has 0 amide bonds. The van der Waals surface area contributed by atoms with Crippen LogP contribution in [-0.4, -0.2) is 43.6 Å². The third-order valence-electron chi connectivity index (χ3n) is 3.77. The van der Waals surface area contributed by atoms with E-state index in [1.807, 2.05) is 0 Å². The first kappa shape index (κ1) is 19.4. The Kier molecular flexibility index (Phi) is 10.0. The van der Waals surface area contributed by atoms with Gasteiger partial charge in [-0.15, -0.1) is 0 Å². The fourth-order valence-corrected chi connectivity index (χ4v) is 2.31. The van der Waals surface area contributed by atoms with Crippen molar-refractivity contribution >= 4 is 5.96 Å². The maximum Gasteiger partial charge on any atom is 0.191 e. The standard InChI is InChI=1S/C18H31FN4/c1-4-20-18(21-13-7-8-14-23(5-2)6-3)22-15-16-9-11-17(19)12-10-16/h9-12H,4-8,13-15H2,1-3H3,(H2,20,21,22). The Bertz CT molecular complexity index is 441. The number of benzene rings is 1. The zero-order valence-electron chi connectivity index (χ0n) is 14.7. The largest absolute Gasteiger partial charge is 0.357 e. The maximum absolute atomic E-state index is 12.9. The lowest BCUT2D eigenvalue weighted by Gasteiger charge is -2.18. The number of nitrogens with zero attached hydrogens (tertiary/aromatic N) is 2. The van der Waals surface area contributed by atoms with E-state index in [0.29, 0.717) is 6.54 Å². The highest BCUT2D eigenvalue weighted by Gasteiger charge is 2.00. The third-order valence-corrected chi connectivity index (χ3v) is 3.77. The number of hydrogen-bond acceptors (Lipinski definition) is 2. The van der Waals surface area contributed by atoms with Crippen molar-refractivity contribution in [3.63, 3.8) is 0 Å². The molecular weight excluding hydrogens is 291 g/mol. The molecule has 4 nitrogen and oxygen atoms in total. The minimum atomic E-state index is -0.212. The highest BCUT2D eigenvalue weighted by Crippen LogP contribution is 2.03. The SMILES string of the molecule is CCNC(=NCc1ccc(F)cc1)NCCCCN(CC)CC. The monoisotopic (exact) mass is 322 g/mol. The van der Waals surface area contributed by atoms with Crippen LogP contribution in [0.1, 0.15) is 39.2 Å². The summed E-state index contributed by atoms with van der Waals surface area (Å²) < 4.78 is 12.9. The minimum Gasteiger partial charge on any atom is -0.357 e. The summed E-state index contributed by atoms with van der Waals surface area (Å²) in [5, 5.41) is 6.60. The van der Waals surface area contributed by atoms with Crippen molar-refractivity contribution in [3.8, 4) is 0 Å². The molecule has 23 heavy (non-hydrogen) atoms. The van der Waals surface area contributed by atoms with E-state index in [2.05, 4.69) is 41.3 Å². The summed E-state index contributed by atoms with van der Waals surface area (Å²) in [6, 6.07) is 6.48. The second-order valence-corrected chi connectivity index (χ2v) is 5.48. The van der Waals surface area contributed by atoms with E-state index in [1.165, 1.54) is 18.6 Å². The van der Waals surface area contributed by atoms with Crippen molar-refractivity contribution in [1.29, 1.82) is 0 Å². The van der Waals surface area contributed by atoms with Crippen LogP contribution in [0.5, 0.6) is 0 Å². The van der Waals surface area contributed by atoms with Gasteiger partial charge in [-0.1, -0.05) is 26.0 Å². The molecule has 5 heteroatoms. The van der Waals surface area contributed by atoms with Crippen LogP contribution < -0.4 is 10.6 Å². The van der Waals surface area contributed by atoms with Gasteiger partial charge in [0.2, 0.25) is 0 Å². The quantitative estimate of drug-likeness (QED) is 0.395. The van der Waals surface area contributed by atoms with Gasteiger partial charge in [-0.05, 0) is 57.1 Å². The topological polar surface area (TPSA) is 39.7 Å². The van der Waals surface area contributed by atoms with E-state index in [-0.39, 0.29) is 5.82 Å². The Balaban J connectivity index is 2.33. The molecule has 0 aliphatic heterocycles. The van der Waals surface area contributed by atoms with Gasteiger partial charge in [0, 0.05) is 13.1 Å². The predicted molar refractivity (Wildman–Crippen MR) is 96.2 cm³/mol. The fourth-order valence-electron chi connectivity index (χ4n) is 2.31. The third kappa shape index (κ3) is 8.55. The lowest BCUT2D eigenvalue weighted by Crippen LogP contribution is -2.38. The zero-order chi connectivity index (χ0) is 16.9. The van der Waals surface area contributed by atoms with Crippen molar-refractivity contribution in [2.24, 2.45) is 4.99 Å². The molecule has 0 unspecified atom stereocenters. The molecule has 0 saturated carbocycles. The molecule has 0 aliphatic carbocycles. The van der Waals surface area contributed by atoms with Crippen LogP contribution in [0.3, 0.4) is 0 Å². The van der Waals surface area contributed by atoms with Gasteiger partial charge in [-0.25, -0.2) is 9.38 Å². The van der Waals surface area contributed by atoms with Crippen LogP contribution in [0, 0.1) is 5.82 Å². The van der Waals surface area contributed by atoms with Gasteiger partial charge in [0.05, 0.1) is 6.54 Å². The van der Waals surface area contributed by atoms with Gasteiger partial charge in [-0.2, -0.15) is 0 Å². The van der Waals surface area contributed by atoms with Crippen LogP contribution in [0.2, 0.25) is 0 Å². The van der Waals surface area contributed by atoms with Gasteiger partial charge < -0.3 is 15.5 Å². The molecule has 1 rings (SSSR count). The first-order valence-electron chi connectivity index (χ1n) is 8.68. The molecule has 130 valence electrons. The average molecular weight is 322 g/mol. The van der Waals surface area contributed by atoms with Gasteiger partial charge in [0.15, 0.2) is 5.96 Å². The van der Waals surface area contributed by atoms with Gasteiger partial charge in [0.1, 0.15) is 5.82 Å². The van der Waals surface area contributed by atoms with Crippen LogP contribution in [0.4, 0.5) is 4.39 Å². The Morgan fingerprint density at radius 3 is 2.35 bits per heavy atom. The van der Waals surface area contributed by atoms with Crippen LogP contribution in [-0.2, 0) is 6.54 Å². The molecule has 0 radical (unpaired) electrons. The number of rotatable bonds is 10. The van der Waals surface area contributed by atoms with E-state index >= 15 is 0 Å². The molecular formula is C18H31FN4. The molecule has 0 aromatic heterocycles. The molecule has 1 aromatic rings. The molecule has 0 aliphatic rings.